The molecule has 1 aliphatic rings. The SMILES string of the molecule is CNC(=O)[C@@]1(C)CN(C(=O)CCc2ccc(F)cc2)CCO1. The number of morpholine rings is 1. The van der Waals surface area contributed by atoms with Gasteiger partial charge in [0.15, 0.2) is 5.60 Å². The number of benzene rings is 1. The van der Waals surface area contributed by atoms with Crippen LogP contribution in [0.2, 0.25) is 0 Å². The fraction of sp³-hybridized carbons (Fsp3) is 0.500. The molecule has 1 aromatic rings. The average molecular weight is 308 g/mol. The molecule has 1 fully saturated rings. The molecular formula is C16H21FN2O3. The van der Waals surface area contributed by atoms with Gasteiger partial charge in [0.25, 0.3) is 5.91 Å². The Morgan fingerprint density at radius 3 is 2.68 bits per heavy atom. The van der Waals surface area contributed by atoms with E-state index in [2.05, 4.69) is 5.32 Å². The molecule has 120 valence electrons. The van der Waals surface area contributed by atoms with E-state index < -0.39 is 5.60 Å². The summed E-state index contributed by atoms with van der Waals surface area (Å²) in [6.45, 7) is 2.75. The Morgan fingerprint density at radius 1 is 1.36 bits per heavy atom. The van der Waals surface area contributed by atoms with Gasteiger partial charge in [-0.15, -0.1) is 0 Å². The highest BCUT2D eigenvalue weighted by Gasteiger charge is 2.39. The molecule has 0 aliphatic carbocycles. The second-order valence-corrected chi connectivity index (χ2v) is 5.60. The van der Waals surface area contributed by atoms with Crippen molar-refractivity contribution in [1.29, 1.82) is 0 Å². The fourth-order valence-electron chi connectivity index (χ4n) is 2.55. The van der Waals surface area contributed by atoms with Crippen LogP contribution in [0.4, 0.5) is 4.39 Å². The van der Waals surface area contributed by atoms with Crippen LogP contribution in [0.25, 0.3) is 0 Å². The second kappa shape index (κ2) is 6.87. The molecule has 2 amide bonds. The van der Waals surface area contributed by atoms with Crippen molar-refractivity contribution in [3.8, 4) is 0 Å². The minimum atomic E-state index is -1.00. The number of aryl methyl sites for hydroxylation is 1. The van der Waals surface area contributed by atoms with Crippen molar-refractivity contribution in [1.82, 2.24) is 10.2 Å². The Bertz CT molecular complexity index is 547. The summed E-state index contributed by atoms with van der Waals surface area (Å²) in [5.41, 5.74) is -0.0875. The van der Waals surface area contributed by atoms with E-state index in [4.69, 9.17) is 4.74 Å². The molecule has 0 aromatic heterocycles. The summed E-state index contributed by atoms with van der Waals surface area (Å²) in [4.78, 5) is 25.8. The molecule has 2 rings (SSSR count). The highest BCUT2D eigenvalue weighted by atomic mass is 19.1. The van der Waals surface area contributed by atoms with Crippen molar-refractivity contribution in [3.63, 3.8) is 0 Å². The number of carbonyl (C=O) groups is 2. The van der Waals surface area contributed by atoms with Crippen LogP contribution in [0.1, 0.15) is 18.9 Å². The number of rotatable bonds is 4. The Hall–Kier alpha value is -1.95. The summed E-state index contributed by atoms with van der Waals surface area (Å²) in [5.74, 6) is -0.545. The molecule has 1 aliphatic heterocycles. The van der Waals surface area contributed by atoms with Crippen LogP contribution in [0.15, 0.2) is 24.3 Å². The van der Waals surface area contributed by atoms with E-state index in [0.29, 0.717) is 26.0 Å². The molecule has 1 saturated heterocycles. The summed E-state index contributed by atoms with van der Waals surface area (Å²) < 4.78 is 18.4. The maximum atomic E-state index is 12.8. The van der Waals surface area contributed by atoms with Gasteiger partial charge in [0.2, 0.25) is 5.91 Å². The van der Waals surface area contributed by atoms with E-state index in [1.165, 1.54) is 12.1 Å². The van der Waals surface area contributed by atoms with E-state index in [1.54, 1.807) is 31.0 Å². The smallest absolute Gasteiger partial charge is 0.253 e. The van der Waals surface area contributed by atoms with E-state index >= 15 is 0 Å². The van der Waals surface area contributed by atoms with Gasteiger partial charge in [0, 0.05) is 20.0 Å². The first-order chi connectivity index (χ1) is 10.4. The Balaban J connectivity index is 1.92. The fourth-order valence-corrected chi connectivity index (χ4v) is 2.55. The van der Waals surface area contributed by atoms with Crippen LogP contribution >= 0.6 is 0 Å². The first-order valence-corrected chi connectivity index (χ1v) is 7.33. The molecule has 0 spiro atoms. The lowest BCUT2D eigenvalue weighted by Crippen LogP contribution is -2.58. The van der Waals surface area contributed by atoms with Gasteiger partial charge in [-0.05, 0) is 31.0 Å². The first kappa shape index (κ1) is 16.4. The number of nitrogens with zero attached hydrogens (tertiary/aromatic N) is 1. The zero-order chi connectivity index (χ0) is 16.2. The highest BCUT2D eigenvalue weighted by Crippen LogP contribution is 2.19. The molecule has 1 N–H and O–H groups in total. The van der Waals surface area contributed by atoms with E-state index in [9.17, 15) is 14.0 Å². The second-order valence-electron chi connectivity index (χ2n) is 5.60. The third kappa shape index (κ3) is 3.82. The predicted molar refractivity (Wildman–Crippen MR) is 79.7 cm³/mol. The van der Waals surface area contributed by atoms with Crippen molar-refractivity contribution in [2.45, 2.75) is 25.4 Å². The monoisotopic (exact) mass is 308 g/mol. The van der Waals surface area contributed by atoms with Crippen molar-refractivity contribution in [2.24, 2.45) is 0 Å². The number of amides is 2. The zero-order valence-corrected chi connectivity index (χ0v) is 12.9. The first-order valence-electron chi connectivity index (χ1n) is 7.33. The van der Waals surface area contributed by atoms with Crippen LogP contribution in [0.5, 0.6) is 0 Å². The number of hydrogen-bond acceptors (Lipinski definition) is 3. The van der Waals surface area contributed by atoms with Gasteiger partial charge in [0.05, 0.1) is 13.2 Å². The van der Waals surface area contributed by atoms with E-state index in [-0.39, 0.29) is 24.2 Å². The van der Waals surface area contributed by atoms with Crippen LogP contribution in [-0.4, -0.2) is 49.1 Å². The standard InChI is InChI=1S/C16H21FN2O3/c1-16(15(21)18-2)11-19(9-10-22-16)14(20)8-5-12-3-6-13(17)7-4-12/h3-4,6-7H,5,8-11H2,1-2H3,(H,18,21)/t16-/m1/s1. The average Bonchev–Trinajstić information content (AvgIpc) is 2.53. The molecule has 0 radical (unpaired) electrons. The number of ether oxygens (including phenoxy) is 1. The molecule has 0 unspecified atom stereocenters. The van der Waals surface area contributed by atoms with Crippen LogP contribution in [0, 0.1) is 5.82 Å². The topological polar surface area (TPSA) is 58.6 Å². The predicted octanol–water partition coefficient (Wildman–Crippen LogP) is 1.12. The Kier molecular flexibility index (Phi) is 5.13. The van der Waals surface area contributed by atoms with Crippen LogP contribution < -0.4 is 5.32 Å². The molecule has 0 bridgehead atoms. The normalized spacial score (nSPS) is 21.5. The van der Waals surface area contributed by atoms with Crippen LogP contribution in [0.3, 0.4) is 0 Å². The Morgan fingerprint density at radius 2 is 2.05 bits per heavy atom. The summed E-state index contributed by atoms with van der Waals surface area (Å²) in [6.07, 6.45) is 0.878. The third-order valence-corrected chi connectivity index (χ3v) is 3.88. The summed E-state index contributed by atoms with van der Waals surface area (Å²) in [5, 5.41) is 2.56. The van der Waals surface area contributed by atoms with Gasteiger partial charge >= 0.3 is 0 Å². The van der Waals surface area contributed by atoms with Gasteiger partial charge in [-0.25, -0.2) is 4.39 Å². The molecule has 1 aromatic carbocycles. The van der Waals surface area contributed by atoms with Crippen molar-refractivity contribution in [2.75, 3.05) is 26.7 Å². The van der Waals surface area contributed by atoms with Gasteiger partial charge in [-0.2, -0.15) is 0 Å². The molecule has 0 saturated carbocycles. The number of nitrogens with one attached hydrogen (secondary N) is 1. The minimum absolute atomic E-state index is 0.0252. The van der Waals surface area contributed by atoms with Crippen LogP contribution in [-0.2, 0) is 20.7 Å². The van der Waals surface area contributed by atoms with Gasteiger partial charge < -0.3 is 15.0 Å². The van der Waals surface area contributed by atoms with Gasteiger partial charge in [-0.1, -0.05) is 12.1 Å². The number of hydrogen-bond donors (Lipinski definition) is 1. The zero-order valence-electron chi connectivity index (χ0n) is 12.9. The summed E-state index contributed by atoms with van der Waals surface area (Å²) in [7, 11) is 1.55. The molecular weight excluding hydrogens is 287 g/mol. The lowest BCUT2D eigenvalue weighted by Gasteiger charge is -2.39. The Labute approximate surface area is 129 Å². The minimum Gasteiger partial charge on any atom is -0.362 e. The maximum absolute atomic E-state index is 12.8. The van der Waals surface area contributed by atoms with Crippen molar-refractivity contribution >= 4 is 11.8 Å². The van der Waals surface area contributed by atoms with E-state index in [1.807, 2.05) is 0 Å². The van der Waals surface area contributed by atoms with Crippen molar-refractivity contribution in [3.05, 3.63) is 35.6 Å². The van der Waals surface area contributed by atoms with E-state index in [0.717, 1.165) is 5.56 Å². The maximum Gasteiger partial charge on any atom is 0.253 e. The summed E-state index contributed by atoms with van der Waals surface area (Å²) >= 11 is 0. The third-order valence-electron chi connectivity index (χ3n) is 3.88. The number of carbonyl (C=O) groups excluding carboxylic acids is 2. The number of halogens is 1. The van der Waals surface area contributed by atoms with Crippen molar-refractivity contribution < 1.29 is 18.7 Å². The van der Waals surface area contributed by atoms with Gasteiger partial charge in [-0.3, -0.25) is 9.59 Å². The molecule has 5 nitrogen and oxygen atoms in total. The molecule has 1 heterocycles. The molecule has 22 heavy (non-hydrogen) atoms. The lowest BCUT2D eigenvalue weighted by molar-refractivity contribution is -0.162. The van der Waals surface area contributed by atoms with Gasteiger partial charge in [0.1, 0.15) is 5.82 Å². The lowest BCUT2D eigenvalue weighted by atomic mass is 10.0. The quantitative estimate of drug-likeness (QED) is 0.907. The highest BCUT2D eigenvalue weighted by molar-refractivity contribution is 5.86. The summed E-state index contributed by atoms with van der Waals surface area (Å²) in [6, 6.07) is 6.13. The largest absolute Gasteiger partial charge is 0.362 e. The molecule has 1 atom stereocenters. The molecule has 6 heteroatoms. The number of likely N-dealkylation sites (N-methyl/N-ethyl adjacent to an activating group) is 1.